The molecule has 3 nitrogen and oxygen atoms in total. The number of benzene rings is 1. The Kier molecular flexibility index (Phi) is 5.03. The molecule has 21 heavy (non-hydrogen) atoms. The van der Waals surface area contributed by atoms with Gasteiger partial charge >= 0.3 is 6.18 Å². The molecule has 1 N–H and O–H groups in total. The van der Waals surface area contributed by atoms with Crippen molar-refractivity contribution in [3.63, 3.8) is 0 Å². The van der Waals surface area contributed by atoms with Gasteiger partial charge in [0.25, 0.3) is 0 Å². The molecule has 2 rings (SSSR count). The second kappa shape index (κ2) is 6.44. The van der Waals surface area contributed by atoms with Crippen LogP contribution in [0.15, 0.2) is 18.2 Å². The molecule has 1 heterocycles. The summed E-state index contributed by atoms with van der Waals surface area (Å²) in [5.41, 5.74) is -1.28. The van der Waals surface area contributed by atoms with Gasteiger partial charge in [-0.05, 0) is 31.7 Å². The van der Waals surface area contributed by atoms with Crippen LogP contribution < -0.4 is 14.8 Å². The molecule has 7 heteroatoms. The fraction of sp³-hybridized carbons (Fsp3) is 0.571. The van der Waals surface area contributed by atoms with Crippen LogP contribution in [0.5, 0.6) is 11.5 Å². The maximum atomic E-state index is 13.1. The third-order valence-corrected chi connectivity index (χ3v) is 3.61. The minimum absolute atomic E-state index is 0.172. The number of nitrogens with one attached hydrogen (secondary N) is 1. The van der Waals surface area contributed by atoms with Crippen molar-refractivity contribution in [1.29, 1.82) is 0 Å². The smallest absolute Gasteiger partial charge is 0.420 e. The highest BCUT2D eigenvalue weighted by molar-refractivity contribution is 9.09. The Morgan fingerprint density at radius 2 is 2.14 bits per heavy atom. The van der Waals surface area contributed by atoms with Crippen LogP contribution >= 0.6 is 15.9 Å². The minimum Gasteiger partial charge on any atom is -0.492 e. The van der Waals surface area contributed by atoms with Gasteiger partial charge in [-0.25, -0.2) is 0 Å². The van der Waals surface area contributed by atoms with Crippen LogP contribution in [-0.2, 0) is 6.18 Å². The van der Waals surface area contributed by atoms with E-state index in [-0.39, 0.29) is 18.1 Å². The average molecular weight is 368 g/mol. The molecule has 1 atom stereocenters. The zero-order valence-electron chi connectivity index (χ0n) is 11.6. The summed E-state index contributed by atoms with van der Waals surface area (Å²) in [7, 11) is 0. The maximum Gasteiger partial charge on any atom is 0.420 e. The van der Waals surface area contributed by atoms with Gasteiger partial charge in [0.05, 0.1) is 6.61 Å². The van der Waals surface area contributed by atoms with Crippen LogP contribution in [0.1, 0.15) is 18.9 Å². The highest BCUT2D eigenvalue weighted by atomic mass is 79.9. The van der Waals surface area contributed by atoms with Gasteiger partial charge in [0.2, 0.25) is 0 Å². The molecular formula is C14H17BrF3NO2. The molecule has 0 bridgehead atoms. The predicted octanol–water partition coefficient (Wildman–Crippen LogP) is 3.61. The summed E-state index contributed by atoms with van der Waals surface area (Å²) >= 11 is 3.12. The molecule has 1 aliphatic rings. The highest BCUT2D eigenvalue weighted by Crippen LogP contribution is 2.39. The highest BCUT2D eigenvalue weighted by Gasteiger charge is 2.36. The second-order valence-electron chi connectivity index (χ2n) is 5.17. The van der Waals surface area contributed by atoms with Gasteiger partial charge in [-0.1, -0.05) is 15.9 Å². The van der Waals surface area contributed by atoms with Crippen molar-refractivity contribution in [3.05, 3.63) is 23.8 Å². The Morgan fingerprint density at radius 3 is 2.71 bits per heavy atom. The van der Waals surface area contributed by atoms with Crippen molar-refractivity contribution >= 4 is 15.9 Å². The van der Waals surface area contributed by atoms with Crippen molar-refractivity contribution in [2.75, 3.05) is 25.0 Å². The monoisotopic (exact) mass is 367 g/mol. The van der Waals surface area contributed by atoms with Crippen LogP contribution in [-0.4, -0.2) is 30.6 Å². The quantitative estimate of drug-likeness (QED) is 0.806. The van der Waals surface area contributed by atoms with Gasteiger partial charge in [-0.15, -0.1) is 0 Å². The maximum absolute atomic E-state index is 13.1. The van der Waals surface area contributed by atoms with E-state index in [4.69, 9.17) is 9.47 Å². The first-order valence-corrected chi connectivity index (χ1v) is 7.76. The Labute approximate surface area is 129 Å². The van der Waals surface area contributed by atoms with Crippen LogP contribution in [0.3, 0.4) is 0 Å². The molecule has 1 unspecified atom stereocenters. The van der Waals surface area contributed by atoms with Gasteiger partial charge in [0, 0.05) is 18.3 Å². The van der Waals surface area contributed by atoms with Crippen molar-refractivity contribution in [2.45, 2.75) is 25.1 Å². The fourth-order valence-corrected chi connectivity index (χ4v) is 2.40. The third-order valence-electron chi connectivity index (χ3n) is 3.28. The lowest BCUT2D eigenvalue weighted by Gasteiger charge is -2.25. The van der Waals surface area contributed by atoms with Gasteiger partial charge in [0.15, 0.2) is 0 Å². The van der Waals surface area contributed by atoms with E-state index in [0.717, 1.165) is 19.0 Å². The summed E-state index contributed by atoms with van der Waals surface area (Å²) < 4.78 is 50.2. The lowest BCUT2D eigenvalue weighted by atomic mass is 10.1. The topological polar surface area (TPSA) is 30.5 Å². The fourth-order valence-electron chi connectivity index (χ4n) is 2.23. The van der Waals surface area contributed by atoms with Crippen LogP contribution in [0.4, 0.5) is 13.2 Å². The van der Waals surface area contributed by atoms with Crippen LogP contribution in [0.25, 0.3) is 0 Å². The molecule has 0 aliphatic carbocycles. The normalized spacial score (nSPS) is 22.3. The number of rotatable bonds is 5. The second-order valence-corrected chi connectivity index (χ2v) is 5.96. The molecule has 0 saturated carbocycles. The first kappa shape index (κ1) is 16.4. The largest absolute Gasteiger partial charge is 0.492 e. The number of ether oxygens (including phenoxy) is 2. The van der Waals surface area contributed by atoms with E-state index >= 15 is 0 Å². The molecule has 1 aromatic rings. The standard InChI is InChI=1S/C14H17BrF3NO2/c1-13(4-6-19-9-13)21-10-2-3-12(20-7-5-15)11(8-10)14(16,17)18/h2-3,8,19H,4-7,9H2,1H3. The van der Waals surface area contributed by atoms with E-state index < -0.39 is 17.3 Å². The zero-order valence-corrected chi connectivity index (χ0v) is 13.2. The summed E-state index contributed by atoms with van der Waals surface area (Å²) in [6.07, 6.45) is -3.72. The van der Waals surface area contributed by atoms with Crippen molar-refractivity contribution < 1.29 is 22.6 Å². The summed E-state index contributed by atoms with van der Waals surface area (Å²) in [6, 6.07) is 3.84. The lowest BCUT2D eigenvalue weighted by Crippen LogP contribution is -2.34. The summed E-state index contributed by atoms with van der Waals surface area (Å²) in [6.45, 7) is 3.48. The van der Waals surface area contributed by atoms with E-state index in [0.29, 0.717) is 11.9 Å². The van der Waals surface area contributed by atoms with Crippen molar-refractivity contribution in [2.24, 2.45) is 0 Å². The zero-order chi connectivity index (χ0) is 15.5. The number of alkyl halides is 4. The van der Waals surface area contributed by atoms with Gasteiger partial charge < -0.3 is 14.8 Å². The Bertz CT molecular complexity index is 488. The van der Waals surface area contributed by atoms with E-state index in [1.165, 1.54) is 12.1 Å². The molecule has 1 fully saturated rings. The number of hydrogen-bond donors (Lipinski definition) is 1. The van der Waals surface area contributed by atoms with Gasteiger partial charge in [0.1, 0.15) is 22.7 Å². The SMILES string of the molecule is CC1(Oc2ccc(OCCBr)c(C(F)(F)F)c2)CCNC1. The number of hydrogen-bond acceptors (Lipinski definition) is 3. The molecule has 0 spiro atoms. The summed E-state index contributed by atoms with van der Waals surface area (Å²) in [5, 5.41) is 3.60. The summed E-state index contributed by atoms with van der Waals surface area (Å²) in [4.78, 5) is 0. The Balaban J connectivity index is 2.24. The summed E-state index contributed by atoms with van der Waals surface area (Å²) in [5.74, 6) is 0.0312. The van der Waals surface area contributed by atoms with Gasteiger partial charge in [-0.3, -0.25) is 0 Å². The lowest BCUT2D eigenvalue weighted by molar-refractivity contribution is -0.139. The van der Waals surface area contributed by atoms with Gasteiger partial charge in [-0.2, -0.15) is 13.2 Å². The Morgan fingerprint density at radius 1 is 1.38 bits per heavy atom. The van der Waals surface area contributed by atoms with Crippen LogP contribution in [0, 0.1) is 0 Å². The molecule has 118 valence electrons. The predicted molar refractivity (Wildman–Crippen MR) is 77.3 cm³/mol. The average Bonchev–Trinajstić information content (AvgIpc) is 2.82. The molecule has 0 aromatic heterocycles. The molecule has 1 saturated heterocycles. The first-order chi connectivity index (χ1) is 9.84. The van der Waals surface area contributed by atoms with E-state index in [9.17, 15) is 13.2 Å². The van der Waals surface area contributed by atoms with E-state index in [1.807, 2.05) is 6.92 Å². The van der Waals surface area contributed by atoms with E-state index in [2.05, 4.69) is 21.2 Å². The van der Waals surface area contributed by atoms with Crippen LogP contribution in [0.2, 0.25) is 0 Å². The molecule has 0 amide bonds. The molecular weight excluding hydrogens is 351 g/mol. The van der Waals surface area contributed by atoms with Crippen molar-refractivity contribution in [3.8, 4) is 11.5 Å². The first-order valence-electron chi connectivity index (χ1n) is 6.64. The Hall–Kier alpha value is -0.950. The molecule has 1 aromatic carbocycles. The number of halogens is 4. The molecule has 0 radical (unpaired) electrons. The van der Waals surface area contributed by atoms with E-state index in [1.54, 1.807) is 0 Å². The van der Waals surface area contributed by atoms with Crippen molar-refractivity contribution in [1.82, 2.24) is 5.32 Å². The minimum atomic E-state index is -4.48. The molecule has 1 aliphatic heterocycles. The third kappa shape index (κ3) is 4.26.